The van der Waals surface area contributed by atoms with E-state index in [-0.39, 0.29) is 17.5 Å². The van der Waals surface area contributed by atoms with Crippen LogP contribution in [-0.4, -0.2) is 29.9 Å². The van der Waals surface area contributed by atoms with Crippen LogP contribution < -0.4 is 5.32 Å². The maximum atomic E-state index is 13.8. The van der Waals surface area contributed by atoms with Gasteiger partial charge in [0, 0.05) is 30.1 Å². The van der Waals surface area contributed by atoms with Crippen LogP contribution in [0.15, 0.2) is 46.9 Å². The number of hydrogen-bond donors (Lipinski definition) is 1. The lowest BCUT2D eigenvalue weighted by Gasteiger charge is -2.33. The van der Waals surface area contributed by atoms with Crippen LogP contribution in [0.4, 0.5) is 4.39 Å². The monoisotopic (exact) mass is 390 g/mol. The second-order valence-corrected chi connectivity index (χ2v) is 7.09. The van der Waals surface area contributed by atoms with E-state index in [1.54, 1.807) is 6.07 Å². The first-order chi connectivity index (χ1) is 11.5. The summed E-state index contributed by atoms with van der Waals surface area (Å²) < 4.78 is 14.5. The Hall–Kier alpha value is -1.72. The molecule has 1 N–H and O–H groups in total. The number of amides is 1. The second-order valence-electron chi connectivity index (χ2n) is 6.17. The predicted octanol–water partition coefficient (Wildman–Crippen LogP) is 3.76. The Labute approximate surface area is 150 Å². The molecule has 1 atom stereocenters. The van der Waals surface area contributed by atoms with Crippen molar-refractivity contribution in [1.82, 2.24) is 10.2 Å². The average molecular weight is 391 g/mol. The van der Waals surface area contributed by atoms with Crippen LogP contribution in [0.1, 0.15) is 28.4 Å². The van der Waals surface area contributed by atoms with Gasteiger partial charge in [0.15, 0.2) is 0 Å². The fraction of sp³-hybridized carbons (Fsp3) is 0.316. The van der Waals surface area contributed by atoms with Crippen molar-refractivity contribution in [1.29, 1.82) is 0 Å². The van der Waals surface area contributed by atoms with E-state index >= 15 is 0 Å². The summed E-state index contributed by atoms with van der Waals surface area (Å²) in [5.74, 6) is -0.881. The molecular formula is C19H20BrFN2O. The largest absolute Gasteiger partial charge is 0.350 e. The number of benzene rings is 2. The smallest absolute Gasteiger partial charge is 0.254 e. The average Bonchev–Trinajstić information content (AvgIpc) is 2.61. The van der Waals surface area contributed by atoms with Gasteiger partial charge in [0.25, 0.3) is 5.91 Å². The molecule has 24 heavy (non-hydrogen) atoms. The number of fused-ring (bicyclic) bond motifs is 1. The van der Waals surface area contributed by atoms with Crippen molar-refractivity contribution >= 4 is 21.8 Å². The van der Waals surface area contributed by atoms with Gasteiger partial charge in [-0.05, 0) is 42.7 Å². The van der Waals surface area contributed by atoms with Crippen molar-refractivity contribution in [2.45, 2.75) is 25.9 Å². The van der Waals surface area contributed by atoms with Crippen LogP contribution in [-0.2, 0) is 13.0 Å². The normalized spacial score (nSPS) is 15.6. The van der Waals surface area contributed by atoms with Gasteiger partial charge in [-0.25, -0.2) is 4.39 Å². The second kappa shape index (κ2) is 7.45. The molecule has 0 saturated heterocycles. The number of carbonyl (C=O) groups excluding carboxylic acids is 1. The number of halogens is 2. The van der Waals surface area contributed by atoms with Crippen molar-refractivity contribution in [2.24, 2.45) is 0 Å². The molecule has 3 rings (SSSR count). The quantitative estimate of drug-likeness (QED) is 0.861. The molecule has 126 valence electrons. The van der Waals surface area contributed by atoms with E-state index in [1.165, 1.54) is 23.3 Å². The Bertz CT molecular complexity index is 750. The van der Waals surface area contributed by atoms with Gasteiger partial charge in [-0.2, -0.15) is 0 Å². The zero-order valence-corrected chi connectivity index (χ0v) is 15.1. The van der Waals surface area contributed by atoms with E-state index in [0.29, 0.717) is 11.0 Å². The Morgan fingerprint density at radius 3 is 2.83 bits per heavy atom. The van der Waals surface area contributed by atoms with Crippen LogP contribution >= 0.6 is 15.9 Å². The van der Waals surface area contributed by atoms with Gasteiger partial charge < -0.3 is 5.32 Å². The van der Waals surface area contributed by atoms with E-state index in [2.05, 4.69) is 57.3 Å². The van der Waals surface area contributed by atoms with E-state index in [1.807, 2.05) is 0 Å². The molecule has 3 nitrogen and oxygen atoms in total. The molecule has 1 amide bonds. The third-order valence-corrected chi connectivity index (χ3v) is 5.01. The molecule has 0 spiro atoms. The van der Waals surface area contributed by atoms with Crippen molar-refractivity contribution in [3.8, 4) is 0 Å². The Kier molecular flexibility index (Phi) is 5.31. The molecule has 0 saturated carbocycles. The van der Waals surface area contributed by atoms with Crippen LogP contribution in [0.5, 0.6) is 0 Å². The summed E-state index contributed by atoms with van der Waals surface area (Å²) in [6, 6.07) is 13.0. The van der Waals surface area contributed by atoms with Crippen LogP contribution in [0.25, 0.3) is 0 Å². The zero-order valence-electron chi connectivity index (χ0n) is 13.6. The first-order valence-electron chi connectivity index (χ1n) is 8.08. The molecule has 2 aromatic rings. The van der Waals surface area contributed by atoms with Gasteiger partial charge >= 0.3 is 0 Å². The van der Waals surface area contributed by atoms with Crippen molar-refractivity contribution < 1.29 is 9.18 Å². The summed E-state index contributed by atoms with van der Waals surface area (Å²) in [5.41, 5.74) is 2.82. The number of carbonyl (C=O) groups is 1. The number of nitrogens with one attached hydrogen (secondary N) is 1. The lowest BCUT2D eigenvalue weighted by Crippen LogP contribution is -2.44. The molecule has 1 aliphatic rings. The maximum Gasteiger partial charge on any atom is 0.254 e. The minimum atomic E-state index is -0.504. The number of nitrogens with zero attached hydrogens (tertiary/aromatic N) is 1. The SMILES string of the molecule is CC(CNC(=O)c1cc(Br)ccc1F)N1CCc2ccccc2C1. The Balaban J connectivity index is 1.59. The van der Waals surface area contributed by atoms with Gasteiger partial charge in [0.2, 0.25) is 0 Å². The van der Waals surface area contributed by atoms with Crippen molar-refractivity contribution in [3.05, 3.63) is 69.4 Å². The molecule has 1 aliphatic heterocycles. The molecule has 0 aromatic heterocycles. The van der Waals surface area contributed by atoms with Gasteiger partial charge in [-0.1, -0.05) is 40.2 Å². The highest BCUT2D eigenvalue weighted by Crippen LogP contribution is 2.20. The topological polar surface area (TPSA) is 32.3 Å². The first kappa shape index (κ1) is 17.1. The number of rotatable bonds is 4. The van der Waals surface area contributed by atoms with Crippen LogP contribution in [0.2, 0.25) is 0 Å². The third-order valence-electron chi connectivity index (χ3n) is 4.51. The lowest BCUT2D eigenvalue weighted by molar-refractivity contribution is 0.0928. The van der Waals surface area contributed by atoms with Gasteiger partial charge in [-0.3, -0.25) is 9.69 Å². The van der Waals surface area contributed by atoms with Gasteiger partial charge in [0.1, 0.15) is 5.82 Å². The van der Waals surface area contributed by atoms with Gasteiger partial charge in [0.05, 0.1) is 5.56 Å². The Morgan fingerprint density at radius 2 is 2.04 bits per heavy atom. The highest BCUT2D eigenvalue weighted by atomic mass is 79.9. The number of hydrogen-bond acceptors (Lipinski definition) is 2. The van der Waals surface area contributed by atoms with E-state index < -0.39 is 5.82 Å². The van der Waals surface area contributed by atoms with E-state index in [4.69, 9.17) is 0 Å². The molecular weight excluding hydrogens is 371 g/mol. The molecule has 0 aliphatic carbocycles. The van der Waals surface area contributed by atoms with E-state index in [9.17, 15) is 9.18 Å². The van der Waals surface area contributed by atoms with E-state index in [0.717, 1.165) is 19.5 Å². The summed E-state index contributed by atoms with van der Waals surface area (Å²) in [6.45, 7) is 4.44. The van der Waals surface area contributed by atoms with Crippen LogP contribution in [0.3, 0.4) is 0 Å². The van der Waals surface area contributed by atoms with Gasteiger partial charge in [-0.15, -0.1) is 0 Å². The predicted molar refractivity (Wildman–Crippen MR) is 96.5 cm³/mol. The Morgan fingerprint density at radius 1 is 1.29 bits per heavy atom. The van der Waals surface area contributed by atoms with Crippen LogP contribution in [0, 0.1) is 5.82 Å². The van der Waals surface area contributed by atoms with Crippen molar-refractivity contribution in [3.63, 3.8) is 0 Å². The third kappa shape index (κ3) is 3.84. The van der Waals surface area contributed by atoms with Crippen molar-refractivity contribution in [2.75, 3.05) is 13.1 Å². The minimum absolute atomic E-state index is 0.0700. The minimum Gasteiger partial charge on any atom is -0.350 e. The zero-order chi connectivity index (χ0) is 17.1. The molecule has 0 bridgehead atoms. The summed E-state index contributed by atoms with van der Waals surface area (Å²) >= 11 is 3.27. The lowest BCUT2D eigenvalue weighted by atomic mass is 9.99. The summed E-state index contributed by atoms with van der Waals surface area (Å²) in [6.07, 6.45) is 1.02. The summed E-state index contributed by atoms with van der Waals surface area (Å²) in [4.78, 5) is 14.6. The maximum absolute atomic E-state index is 13.8. The molecule has 5 heteroatoms. The fourth-order valence-electron chi connectivity index (χ4n) is 3.03. The molecule has 1 heterocycles. The standard InChI is InChI=1S/C19H20BrFN2O/c1-13(23-9-8-14-4-2-3-5-15(14)12-23)11-22-19(24)17-10-16(20)6-7-18(17)21/h2-7,10,13H,8-9,11-12H2,1H3,(H,22,24). The first-order valence-corrected chi connectivity index (χ1v) is 8.88. The summed E-state index contributed by atoms with van der Waals surface area (Å²) in [7, 11) is 0. The molecule has 0 fully saturated rings. The molecule has 0 radical (unpaired) electrons. The summed E-state index contributed by atoms with van der Waals surface area (Å²) in [5, 5.41) is 2.85. The highest BCUT2D eigenvalue weighted by molar-refractivity contribution is 9.10. The molecule has 2 aromatic carbocycles. The highest BCUT2D eigenvalue weighted by Gasteiger charge is 2.21. The fourth-order valence-corrected chi connectivity index (χ4v) is 3.39. The molecule has 1 unspecified atom stereocenters.